The molecule has 1 nitrogen and oxygen atoms in total. The fraction of sp³-hybridized carbons (Fsp3) is 0.818. The van der Waals surface area contributed by atoms with Crippen molar-refractivity contribution in [1.82, 2.24) is 5.32 Å². The van der Waals surface area contributed by atoms with Gasteiger partial charge in [0.2, 0.25) is 0 Å². The van der Waals surface area contributed by atoms with Gasteiger partial charge >= 0.3 is 0 Å². The van der Waals surface area contributed by atoms with Gasteiger partial charge in [-0.1, -0.05) is 19.9 Å². The van der Waals surface area contributed by atoms with Crippen LogP contribution in [0.4, 0.5) is 0 Å². The molecule has 0 aromatic heterocycles. The lowest BCUT2D eigenvalue weighted by molar-refractivity contribution is 0.306. The molecule has 0 spiro atoms. The van der Waals surface area contributed by atoms with Gasteiger partial charge in [0.05, 0.1) is 0 Å². The van der Waals surface area contributed by atoms with Gasteiger partial charge in [-0.2, -0.15) is 0 Å². The van der Waals surface area contributed by atoms with Crippen molar-refractivity contribution in [3.8, 4) is 0 Å². The molecule has 1 N–H and O–H groups in total. The standard InChI is InChI=1S/C11H21N/c1-4-6-11(9-10(2)3)7-5-8-12-11/h4,10,12H,1,5-9H2,2-3H3. The summed E-state index contributed by atoms with van der Waals surface area (Å²) in [5, 5.41) is 3.63. The molecule has 1 rings (SSSR count). The van der Waals surface area contributed by atoms with E-state index in [-0.39, 0.29) is 0 Å². The summed E-state index contributed by atoms with van der Waals surface area (Å²) in [6.45, 7) is 9.62. The van der Waals surface area contributed by atoms with Crippen molar-refractivity contribution >= 4 is 0 Å². The minimum Gasteiger partial charge on any atom is -0.311 e. The van der Waals surface area contributed by atoms with Crippen molar-refractivity contribution < 1.29 is 0 Å². The molecular formula is C11H21N. The Bertz CT molecular complexity index is 143. The lowest BCUT2D eigenvalue weighted by Gasteiger charge is -2.30. The zero-order chi connectivity index (χ0) is 9.03. The zero-order valence-electron chi connectivity index (χ0n) is 8.40. The first-order valence-corrected chi connectivity index (χ1v) is 5.04. The average Bonchev–Trinajstić information content (AvgIpc) is 2.36. The fourth-order valence-corrected chi connectivity index (χ4v) is 2.36. The third-order valence-electron chi connectivity index (χ3n) is 2.67. The zero-order valence-corrected chi connectivity index (χ0v) is 8.40. The van der Waals surface area contributed by atoms with Crippen LogP contribution in [-0.2, 0) is 0 Å². The molecule has 0 aliphatic carbocycles. The molecule has 1 atom stereocenters. The summed E-state index contributed by atoms with van der Waals surface area (Å²) in [5.41, 5.74) is 0.399. The molecule has 0 radical (unpaired) electrons. The largest absolute Gasteiger partial charge is 0.311 e. The van der Waals surface area contributed by atoms with E-state index < -0.39 is 0 Å². The van der Waals surface area contributed by atoms with E-state index in [4.69, 9.17) is 0 Å². The Morgan fingerprint density at radius 1 is 1.58 bits per heavy atom. The number of rotatable bonds is 4. The molecule has 0 aromatic rings. The first-order chi connectivity index (χ1) is 5.68. The van der Waals surface area contributed by atoms with Crippen LogP contribution < -0.4 is 5.32 Å². The Balaban J connectivity index is 2.52. The van der Waals surface area contributed by atoms with Gasteiger partial charge in [0.15, 0.2) is 0 Å². The molecule has 0 amide bonds. The van der Waals surface area contributed by atoms with Crippen LogP contribution in [0.15, 0.2) is 12.7 Å². The van der Waals surface area contributed by atoms with Gasteiger partial charge in [0, 0.05) is 5.54 Å². The predicted molar refractivity (Wildman–Crippen MR) is 54.2 cm³/mol. The second kappa shape index (κ2) is 4.08. The highest BCUT2D eigenvalue weighted by atomic mass is 15.0. The Hall–Kier alpha value is -0.300. The van der Waals surface area contributed by atoms with Crippen molar-refractivity contribution in [3.05, 3.63) is 12.7 Å². The van der Waals surface area contributed by atoms with Crippen molar-refractivity contribution in [1.29, 1.82) is 0 Å². The minimum atomic E-state index is 0.399. The van der Waals surface area contributed by atoms with Gasteiger partial charge in [-0.15, -0.1) is 6.58 Å². The van der Waals surface area contributed by atoms with Crippen molar-refractivity contribution in [2.75, 3.05) is 6.54 Å². The summed E-state index contributed by atoms with van der Waals surface area (Å²) >= 11 is 0. The molecule has 1 fully saturated rings. The molecule has 12 heavy (non-hydrogen) atoms. The molecule has 70 valence electrons. The van der Waals surface area contributed by atoms with Crippen molar-refractivity contribution in [2.45, 2.75) is 45.1 Å². The van der Waals surface area contributed by atoms with Crippen molar-refractivity contribution in [2.24, 2.45) is 5.92 Å². The van der Waals surface area contributed by atoms with Gasteiger partial charge in [-0.05, 0) is 38.1 Å². The van der Waals surface area contributed by atoms with E-state index >= 15 is 0 Å². The second-order valence-electron chi connectivity index (χ2n) is 4.40. The summed E-state index contributed by atoms with van der Waals surface area (Å²) in [5.74, 6) is 0.788. The molecule has 0 aromatic carbocycles. The summed E-state index contributed by atoms with van der Waals surface area (Å²) in [7, 11) is 0. The van der Waals surface area contributed by atoms with Crippen LogP contribution in [0, 0.1) is 5.92 Å². The van der Waals surface area contributed by atoms with Crippen LogP contribution in [0.25, 0.3) is 0 Å². The highest BCUT2D eigenvalue weighted by Crippen LogP contribution is 2.30. The van der Waals surface area contributed by atoms with Crippen molar-refractivity contribution in [3.63, 3.8) is 0 Å². The normalized spacial score (nSPS) is 29.6. The number of nitrogens with one attached hydrogen (secondary N) is 1. The Kier molecular flexibility index (Phi) is 3.33. The summed E-state index contributed by atoms with van der Waals surface area (Å²) in [4.78, 5) is 0. The van der Waals surface area contributed by atoms with E-state index in [1.54, 1.807) is 0 Å². The monoisotopic (exact) mass is 167 g/mol. The molecule has 0 bridgehead atoms. The highest BCUT2D eigenvalue weighted by molar-refractivity contribution is 4.97. The van der Waals surface area contributed by atoms with Crippen LogP contribution in [0.2, 0.25) is 0 Å². The maximum Gasteiger partial charge on any atom is 0.0218 e. The van der Waals surface area contributed by atoms with E-state index in [9.17, 15) is 0 Å². The molecule has 1 saturated heterocycles. The van der Waals surface area contributed by atoms with Crippen LogP contribution in [-0.4, -0.2) is 12.1 Å². The van der Waals surface area contributed by atoms with Crippen LogP contribution >= 0.6 is 0 Å². The number of hydrogen-bond acceptors (Lipinski definition) is 1. The topological polar surface area (TPSA) is 12.0 Å². The first-order valence-electron chi connectivity index (χ1n) is 5.04. The first kappa shape index (κ1) is 9.79. The summed E-state index contributed by atoms with van der Waals surface area (Å²) in [6.07, 6.45) is 7.14. The van der Waals surface area contributed by atoms with Crippen LogP contribution in [0.1, 0.15) is 39.5 Å². The molecular weight excluding hydrogens is 146 g/mol. The average molecular weight is 167 g/mol. The maximum absolute atomic E-state index is 3.84. The van der Waals surface area contributed by atoms with E-state index in [2.05, 4.69) is 31.8 Å². The maximum atomic E-state index is 3.84. The predicted octanol–water partition coefficient (Wildman–Crippen LogP) is 2.73. The van der Waals surface area contributed by atoms with E-state index in [1.807, 2.05) is 0 Å². The van der Waals surface area contributed by atoms with Gasteiger partial charge in [-0.25, -0.2) is 0 Å². The lowest BCUT2D eigenvalue weighted by Crippen LogP contribution is -2.40. The Labute approximate surface area is 76.2 Å². The highest BCUT2D eigenvalue weighted by Gasteiger charge is 2.32. The van der Waals surface area contributed by atoms with E-state index in [0.717, 1.165) is 12.3 Å². The molecule has 1 aliphatic heterocycles. The molecule has 1 aliphatic rings. The molecule has 1 heteroatoms. The second-order valence-corrected chi connectivity index (χ2v) is 4.40. The minimum absolute atomic E-state index is 0.399. The molecule has 0 saturated carbocycles. The smallest absolute Gasteiger partial charge is 0.0218 e. The van der Waals surface area contributed by atoms with E-state index in [1.165, 1.54) is 25.8 Å². The van der Waals surface area contributed by atoms with Gasteiger partial charge in [0.1, 0.15) is 0 Å². The van der Waals surface area contributed by atoms with Gasteiger partial charge in [-0.3, -0.25) is 0 Å². The third kappa shape index (κ3) is 2.34. The fourth-order valence-electron chi connectivity index (χ4n) is 2.36. The Morgan fingerprint density at radius 2 is 2.33 bits per heavy atom. The SMILES string of the molecule is C=CCC1(CC(C)C)CCCN1. The third-order valence-corrected chi connectivity index (χ3v) is 2.67. The summed E-state index contributed by atoms with van der Waals surface area (Å²) < 4.78 is 0. The molecule has 1 heterocycles. The van der Waals surface area contributed by atoms with Crippen LogP contribution in [0.5, 0.6) is 0 Å². The molecule has 1 unspecified atom stereocenters. The van der Waals surface area contributed by atoms with Crippen LogP contribution in [0.3, 0.4) is 0 Å². The van der Waals surface area contributed by atoms with Gasteiger partial charge < -0.3 is 5.32 Å². The van der Waals surface area contributed by atoms with Gasteiger partial charge in [0.25, 0.3) is 0 Å². The lowest BCUT2D eigenvalue weighted by atomic mass is 9.85. The number of hydrogen-bond donors (Lipinski definition) is 1. The van der Waals surface area contributed by atoms with E-state index in [0.29, 0.717) is 5.54 Å². The Morgan fingerprint density at radius 3 is 2.75 bits per heavy atom. The summed E-state index contributed by atoms with van der Waals surface area (Å²) in [6, 6.07) is 0. The quantitative estimate of drug-likeness (QED) is 0.635.